The SMILES string of the molecule is CCCCOCCSc1ccc(C(C)N)cc1. The smallest absolute Gasteiger partial charge is 0.0560 e. The highest BCUT2D eigenvalue weighted by molar-refractivity contribution is 7.99. The Hall–Kier alpha value is -0.510. The number of hydrogen-bond acceptors (Lipinski definition) is 3. The maximum absolute atomic E-state index is 5.81. The third kappa shape index (κ3) is 6.10. The molecule has 0 radical (unpaired) electrons. The van der Waals surface area contributed by atoms with Crippen LogP contribution in [0.25, 0.3) is 0 Å². The van der Waals surface area contributed by atoms with Gasteiger partial charge in [-0.2, -0.15) is 0 Å². The van der Waals surface area contributed by atoms with E-state index in [9.17, 15) is 0 Å². The molecule has 17 heavy (non-hydrogen) atoms. The van der Waals surface area contributed by atoms with Crippen molar-refractivity contribution >= 4 is 11.8 Å². The Kier molecular flexibility index (Phi) is 7.33. The van der Waals surface area contributed by atoms with Gasteiger partial charge < -0.3 is 10.5 Å². The first kappa shape index (κ1) is 14.6. The molecule has 1 aromatic carbocycles. The molecule has 2 nitrogen and oxygen atoms in total. The van der Waals surface area contributed by atoms with Gasteiger partial charge in [-0.25, -0.2) is 0 Å². The minimum Gasteiger partial charge on any atom is -0.381 e. The fourth-order valence-electron chi connectivity index (χ4n) is 1.43. The summed E-state index contributed by atoms with van der Waals surface area (Å²) in [7, 11) is 0. The van der Waals surface area contributed by atoms with E-state index < -0.39 is 0 Å². The molecule has 0 heterocycles. The van der Waals surface area contributed by atoms with E-state index in [1.807, 2.05) is 18.7 Å². The molecule has 1 aromatic rings. The van der Waals surface area contributed by atoms with E-state index in [0.717, 1.165) is 25.4 Å². The summed E-state index contributed by atoms with van der Waals surface area (Å²) in [5.41, 5.74) is 6.99. The van der Waals surface area contributed by atoms with Gasteiger partial charge in [0.2, 0.25) is 0 Å². The highest BCUT2D eigenvalue weighted by atomic mass is 32.2. The third-order valence-electron chi connectivity index (χ3n) is 2.54. The molecule has 0 bridgehead atoms. The van der Waals surface area contributed by atoms with E-state index in [1.165, 1.54) is 16.9 Å². The lowest BCUT2D eigenvalue weighted by atomic mass is 10.1. The van der Waals surface area contributed by atoms with Gasteiger partial charge in [-0.3, -0.25) is 0 Å². The topological polar surface area (TPSA) is 35.2 Å². The van der Waals surface area contributed by atoms with Crippen LogP contribution in [-0.4, -0.2) is 19.0 Å². The van der Waals surface area contributed by atoms with Gasteiger partial charge in [-0.05, 0) is 31.0 Å². The van der Waals surface area contributed by atoms with Crippen LogP contribution in [0, 0.1) is 0 Å². The molecule has 0 fully saturated rings. The van der Waals surface area contributed by atoms with Gasteiger partial charge in [0, 0.05) is 23.3 Å². The van der Waals surface area contributed by atoms with Crippen molar-refractivity contribution in [2.24, 2.45) is 5.73 Å². The lowest BCUT2D eigenvalue weighted by molar-refractivity contribution is 0.147. The number of ether oxygens (including phenoxy) is 1. The monoisotopic (exact) mass is 253 g/mol. The maximum atomic E-state index is 5.81. The van der Waals surface area contributed by atoms with Crippen molar-refractivity contribution < 1.29 is 4.74 Å². The summed E-state index contributed by atoms with van der Waals surface area (Å²) in [4.78, 5) is 1.29. The Labute approximate surface area is 109 Å². The van der Waals surface area contributed by atoms with Crippen molar-refractivity contribution in [3.05, 3.63) is 29.8 Å². The van der Waals surface area contributed by atoms with Crippen LogP contribution >= 0.6 is 11.8 Å². The summed E-state index contributed by atoms with van der Waals surface area (Å²) in [6, 6.07) is 8.59. The molecule has 0 saturated heterocycles. The molecule has 0 aliphatic carbocycles. The van der Waals surface area contributed by atoms with E-state index in [-0.39, 0.29) is 6.04 Å². The lowest BCUT2D eigenvalue weighted by Crippen LogP contribution is -2.04. The van der Waals surface area contributed by atoms with Crippen molar-refractivity contribution in [1.29, 1.82) is 0 Å². The minimum atomic E-state index is 0.117. The molecule has 0 saturated carbocycles. The standard InChI is InChI=1S/C14H23NOS/c1-3-4-9-16-10-11-17-14-7-5-13(6-8-14)12(2)15/h5-8,12H,3-4,9-11,15H2,1-2H3. The molecule has 0 spiro atoms. The van der Waals surface area contributed by atoms with Gasteiger partial charge in [-0.15, -0.1) is 11.8 Å². The van der Waals surface area contributed by atoms with E-state index in [2.05, 4.69) is 31.2 Å². The van der Waals surface area contributed by atoms with Gasteiger partial charge in [0.05, 0.1) is 6.61 Å². The quantitative estimate of drug-likeness (QED) is 0.568. The zero-order valence-electron chi connectivity index (χ0n) is 10.8. The largest absolute Gasteiger partial charge is 0.381 e. The highest BCUT2D eigenvalue weighted by Gasteiger charge is 1.99. The second-order valence-corrected chi connectivity index (χ2v) is 5.34. The van der Waals surface area contributed by atoms with Crippen molar-refractivity contribution in [1.82, 2.24) is 0 Å². The van der Waals surface area contributed by atoms with Crippen LogP contribution in [0.2, 0.25) is 0 Å². The summed E-state index contributed by atoms with van der Waals surface area (Å²) in [6.07, 6.45) is 2.36. The van der Waals surface area contributed by atoms with Crippen LogP contribution in [0.4, 0.5) is 0 Å². The first-order chi connectivity index (χ1) is 8.24. The van der Waals surface area contributed by atoms with E-state index in [0.29, 0.717) is 0 Å². The second kappa shape index (κ2) is 8.56. The van der Waals surface area contributed by atoms with Crippen LogP contribution in [0.1, 0.15) is 38.3 Å². The average Bonchev–Trinajstić information content (AvgIpc) is 2.34. The van der Waals surface area contributed by atoms with Crippen LogP contribution in [-0.2, 0) is 4.74 Å². The zero-order valence-corrected chi connectivity index (χ0v) is 11.6. The molecular weight excluding hydrogens is 230 g/mol. The fourth-order valence-corrected chi connectivity index (χ4v) is 2.20. The van der Waals surface area contributed by atoms with Crippen molar-refractivity contribution in [3.63, 3.8) is 0 Å². The average molecular weight is 253 g/mol. The van der Waals surface area contributed by atoms with Gasteiger partial charge >= 0.3 is 0 Å². The first-order valence-corrected chi connectivity index (χ1v) is 7.28. The van der Waals surface area contributed by atoms with Gasteiger partial charge in [0.25, 0.3) is 0 Å². The molecule has 1 rings (SSSR count). The zero-order chi connectivity index (χ0) is 12.5. The van der Waals surface area contributed by atoms with Gasteiger partial charge in [-0.1, -0.05) is 25.5 Å². The molecule has 0 aliphatic heterocycles. The molecular formula is C14H23NOS. The van der Waals surface area contributed by atoms with Crippen molar-refractivity contribution in [2.75, 3.05) is 19.0 Å². The summed E-state index contributed by atoms with van der Waals surface area (Å²) < 4.78 is 5.52. The van der Waals surface area contributed by atoms with Crippen molar-refractivity contribution in [3.8, 4) is 0 Å². The Bertz CT molecular complexity index is 298. The second-order valence-electron chi connectivity index (χ2n) is 4.17. The van der Waals surface area contributed by atoms with E-state index in [4.69, 9.17) is 10.5 Å². The number of thioether (sulfide) groups is 1. The Morgan fingerprint density at radius 2 is 1.94 bits per heavy atom. The number of hydrogen-bond donors (Lipinski definition) is 1. The van der Waals surface area contributed by atoms with E-state index >= 15 is 0 Å². The lowest BCUT2D eigenvalue weighted by Gasteiger charge is -2.07. The molecule has 0 aromatic heterocycles. The number of unbranched alkanes of at least 4 members (excludes halogenated alkanes) is 1. The van der Waals surface area contributed by atoms with Crippen LogP contribution in [0.3, 0.4) is 0 Å². The molecule has 96 valence electrons. The molecule has 1 unspecified atom stereocenters. The normalized spacial score (nSPS) is 12.6. The van der Waals surface area contributed by atoms with Gasteiger partial charge in [0.1, 0.15) is 0 Å². The maximum Gasteiger partial charge on any atom is 0.0560 e. The predicted molar refractivity (Wildman–Crippen MR) is 75.5 cm³/mol. The predicted octanol–water partition coefficient (Wildman–Crippen LogP) is 3.62. The first-order valence-electron chi connectivity index (χ1n) is 6.30. The minimum absolute atomic E-state index is 0.117. The number of rotatable bonds is 8. The Balaban J connectivity index is 2.19. The van der Waals surface area contributed by atoms with Crippen LogP contribution < -0.4 is 5.73 Å². The summed E-state index contributed by atoms with van der Waals surface area (Å²) in [5.74, 6) is 1.02. The Morgan fingerprint density at radius 3 is 2.53 bits per heavy atom. The van der Waals surface area contributed by atoms with Crippen LogP contribution in [0.5, 0.6) is 0 Å². The summed E-state index contributed by atoms with van der Waals surface area (Å²) >= 11 is 1.83. The van der Waals surface area contributed by atoms with Crippen LogP contribution in [0.15, 0.2) is 29.2 Å². The van der Waals surface area contributed by atoms with Crippen molar-refractivity contribution in [2.45, 2.75) is 37.6 Å². The summed E-state index contributed by atoms with van der Waals surface area (Å²) in [5, 5.41) is 0. The molecule has 3 heteroatoms. The molecule has 0 amide bonds. The Morgan fingerprint density at radius 1 is 1.24 bits per heavy atom. The number of benzene rings is 1. The molecule has 2 N–H and O–H groups in total. The van der Waals surface area contributed by atoms with E-state index in [1.54, 1.807) is 0 Å². The molecule has 1 atom stereocenters. The highest BCUT2D eigenvalue weighted by Crippen LogP contribution is 2.20. The van der Waals surface area contributed by atoms with Gasteiger partial charge in [0.15, 0.2) is 0 Å². The fraction of sp³-hybridized carbons (Fsp3) is 0.571. The molecule has 0 aliphatic rings. The third-order valence-corrected chi connectivity index (χ3v) is 3.52. The number of nitrogens with two attached hydrogens (primary N) is 1. The summed E-state index contributed by atoms with van der Waals surface area (Å²) in [6.45, 7) is 5.90.